The summed E-state index contributed by atoms with van der Waals surface area (Å²) >= 11 is 5.97. The third-order valence-corrected chi connectivity index (χ3v) is 3.97. The highest BCUT2D eigenvalue weighted by Crippen LogP contribution is 2.35. The Hall–Kier alpha value is -1.48. The molecule has 0 spiro atoms. The zero-order valence-electron chi connectivity index (χ0n) is 11.4. The van der Waals surface area contributed by atoms with Crippen LogP contribution < -0.4 is 5.32 Å². The number of imidazole rings is 1. The first-order valence-electron chi connectivity index (χ1n) is 6.67. The minimum Gasteiger partial charge on any atom is -0.353 e. The molecule has 3 rings (SSSR count). The van der Waals surface area contributed by atoms with Crippen LogP contribution in [0.3, 0.4) is 0 Å². The molecule has 1 aliphatic rings. The number of aryl methyl sites for hydroxylation is 1. The van der Waals surface area contributed by atoms with Gasteiger partial charge >= 0.3 is 0 Å². The lowest BCUT2D eigenvalue weighted by Crippen LogP contribution is -2.28. The summed E-state index contributed by atoms with van der Waals surface area (Å²) in [6.07, 6.45) is 1.11. The Labute approximate surface area is 118 Å². The second-order valence-corrected chi connectivity index (χ2v) is 5.81. The normalized spacial score (nSPS) is 21.9. The number of hydrogen-bond acceptors (Lipinski definition) is 2. The zero-order valence-corrected chi connectivity index (χ0v) is 12.2. The molecule has 0 fully saturated rings. The van der Waals surface area contributed by atoms with Crippen molar-refractivity contribution in [1.29, 1.82) is 0 Å². The van der Waals surface area contributed by atoms with Crippen molar-refractivity contribution in [3.05, 3.63) is 35.0 Å². The predicted molar refractivity (Wildman–Crippen MR) is 79.8 cm³/mol. The summed E-state index contributed by atoms with van der Waals surface area (Å²) in [6, 6.07) is 8.91. The Kier molecular flexibility index (Phi) is 3.02. The number of benzene rings is 1. The SMILES string of the molecule is Cc1nc2n(c1-c1ccc(Cl)cc1)C(C)CC(C)N2. The molecule has 3 nitrogen and oxygen atoms in total. The van der Waals surface area contributed by atoms with Crippen molar-refractivity contribution >= 4 is 17.5 Å². The highest BCUT2D eigenvalue weighted by atomic mass is 35.5. The quantitative estimate of drug-likeness (QED) is 0.842. The zero-order chi connectivity index (χ0) is 13.6. The smallest absolute Gasteiger partial charge is 0.204 e. The van der Waals surface area contributed by atoms with E-state index in [0.717, 1.165) is 23.1 Å². The maximum Gasteiger partial charge on any atom is 0.204 e. The second kappa shape index (κ2) is 4.57. The summed E-state index contributed by atoms with van der Waals surface area (Å²) in [4.78, 5) is 4.67. The molecule has 1 aromatic carbocycles. The number of halogens is 1. The molecule has 0 bridgehead atoms. The fourth-order valence-electron chi connectivity index (χ4n) is 2.93. The topological polar surface area (TPSA) is 29.9 Å². The van der Waals surface area contributed by atoms with Gasteiger partial charge in [0.15, 0.2) is 0 Å². The predicted octanol–water partition coefficient (Wildman–Crippen LogP) is 4.28. The number of aromatic nitrogens is 2. The van der Waals surface area contributed by atoms with Crippen molar-refractivity contribution < 1.29 is 0 Å². The number of hydrogen-bond donors (Lipinski definition) is 1. The molecular weight excluding hydrogens is 258 g/mol. The molecule has 19 heavy (non-hydrogen) atoms. The first-order chi connectivity index (χ1) is 9.06. The number of rotatable bonds is 1. The fraction of sp³-hybridized carbons (Fsp3) is 0.400. The van der Waals surface area contributed by atoms with Crippen LogP contribution in [0.15, 0.2) is 24.3 Å². The van der Waals surface area contributed by atoms with Gasteiger partial charge in [-0.15, -0.1) is 0 Å². The molecule has 1 N–H and O–H groups in total. The van der Waals surface area contributed by atoms with E-state index in [1.807, 2.05) is 12.1 Å². The summed E-state index contributed by atoms with van der Waals surface area (Å²) in [6.45, 7) is 6.52. The molecule has 1 aromatic heterocycles. The first kappa shape index (κ1) is 12.5. The van der Waals surface area contributed by atoms with Gasteiger partial charge in [0.1, 0.15) is 0 Å². The maximum absolute atomic E-state index is 5.97. The van der Waals surface area contributed by atoms with E-state index in [1.54, 1.807) is 0 Å². The monoisotopic (exact) mass is 275 g/mol. The summed E-state index contributed by atoms with van der Waals surface area (Å²) in [5.74, 6) is 0.980. The van der Waals surface area contributed by atoms with Crippen LogP contribution in [-0.2, 0) is 0 Å². The lowest BCUT2D eigenvalue weighted by molar-refractivity contribution is 0.452. The largest absolute Gasteiger partial charge is 0.353 e. The van der Waals surface area contributed by atoms with Gasteiger partial charge in [0.2, 0.25) is 5.95 Å². The summed E-state index contributed by atoms with van der Waals surface area (Å²) in [5.41, 5.74) is 3.42. The second-order valence-electron chi connectivity index (χ2n) is 5.38. The van der Waals surface area contributed by atoms with E-state index >= 15 is 0 Å². The highest BCUT2D eigenvalue weighted by molar-refractivity contribution is 6.30. The van der Waals surface area contributed by atoms with Crippen molar-refractivity contribution in [2.45, 2.75) is 39.3 Å². The Morgan fingerprint density at radius 1 is 1.26 bits per heavy atom. The van der Waals surface area contributed by atoms with Crippen molar-refractivity contribution in [2.75, 3.05) is 5.32 Å². The van der Waals surface area contributed by atoms with Gasteiger partial charge in [-0.05, 0) is 39.3 Å². The minimum atomic E-state index is 0.457. The molecule has 2 heterocycles. The molecule has 4 heteroatoms. The van der Waals surface area contributed by atoms with Crippen LogP contribution in [0.4, 0.5) is 5.95 Å². The molecule has 0 saturated heterocycles. The Morgan fingerprint density at radius 2 is 1.95 bits per heavy atom. The number of fused-ring (bicyclic) bond motifs is 1. The summed E-state index contributed by atoms with van der Waals surface area (Å²) < 4.78 is 2.30. The van der Waals surface area contributed by atoms with Gasteiger partial charge in [-0.3, -0.25) is 0 Å². The summed E-state index contributed by atoms with van der Waals surface area (Å²) in [7, 11) is 0. The van der Waals surface area contributed by atoms with E-state index in [-0.39, 0.29) is 0 Å². The molecule has 2 unspecified atom stereocenters. The highest BCUT2D eigenvalue weighted by Gasteiger charge is 2.26. The van der Waals surface area contributed by atoms with Crippen molar-refractivity contribution in [2.24, 2.45) is 0 Å². The van der Waals surface area contributed by atoms with Crippen LogP contribution in [0.25, 0.3) is 11.3 Å². The molecular formula is C15H18ClN3. The molecule has 0 saturated carbocycles. The van der Waals surface area contributed by atoms with Crippen molar-refractivity contribution in [3.63, 3.8) is 0 Å². The third kappa shape index (κ3) is 2.12. The van der Waals surface area contributed by atoms with E-state index in [4.69, 9.17) is 11.6 Å². The van der Waals surface area contributed by atoms with Crippen molar-refractivity contribution in [3.8, 4) is 11.3 Å². The number of anilines is 1. The molecule has 0 amide bonds. The molecule has 0 aliphatic carbocycles. The minimum absolute atomic E-state index is 0.457. The third-order valence-electron chi connectivity index (χ3n) is 3.71. The average Bonchev–Trinajstić information content (AvgIpc) is 2.66. The standard InChI is InChI=1S/C15H18ClN3/c1-9-8-10(2)19-14(11(3)18-15(19)17-9)12-4-6-13(16)7-5-12/h4-7,9-10H,8H2,1-3H3,(H,17,18). The van der Waals surface area contributed by atoms with Crippen LogP contribution in [0.2, 0.25) is 5.02 Å². The molecule has 0 radical (unpaired) electrons. The van der Waals surface area contributed by atoms with Gasteiger partial charge in [0.25, 0.3) is 0 Å². The molecule has 2 atom stereocenters. The van der Waals surface area contributed by atoms with E-state index in [2.05, 4.69) is 47.8 Å². The Morgan fingerprint density at radius 3 is 2.63 bits per heavy atom. The van der Waals surface area contributed by atoms with Gasteiger partial charge in [-0.25, -0.2) is 4.98 Å². The van der Waals surface area contributed by atoms with Crippen LogP contribution in [0, 0.1) is 6.92 Å². The summed E-state index contributed by atoms with van der Waals surface area (Å²) in [5, 5.41) is 4.22. The fourth-order valence-corrected chi connectivity index (χ4v) is 3.05. The Bertz CT molecular complexity index is 601. The molecule has 100 valence electrons. The molecule has 2 aromatic rings. The lowest BCUT2D eigenvalue weighted by Gasteiger charge is -2.29. The first-order valence-corrected chi connectivity index (χ1v) is 7.05. The Balaban J connectivity index is 2.14. The van der Waals surface area contributed by atoms with Gasteiger partial charge in [0.05, 0.1) is 11.4 Å². The van der Waals surface area contributed by atoms with E-state index in [9.17, 15) is 0 Å². The maximum atomic E-state index is 5.97. The van der Waals surface area contributed by atoms with Crippen LogP contribution in [0.1, 0.15) is 32.0 Å². The molecule has 1 aliphatic heterocycles. The van der Waals surface area contributed by atoms with Crippen molar-refractivity contribution in [1.82, 2.24) is 9.55 Å². The van der Waals surface area contributed by atoms with Gasteiger partial charge < -0.3 is 9.88 Å². The van der Waals surface area contributed by atoms with E-state index < -0.39 is 0 Å². The average molecular weight is 276 g/mol. The van der Waals surface area contributed by atoms with Gasteiger partial charge in [0, 0.05) is 22.7 Å². The number of nitrogens with one attached hydrogen (secondary N) is 1. The van der Waals surface area contributed by atoms with E-state index in [1.165, 1.54) is 11.3 Å². The lowest BCUT2D eigenvalue weighted by atomic mass is 10.1. The number of nitrogens with zero attached hydrogens (tertiary/aromatic N) is 2. The van der Waals surface area contributed by atoms with Crippen LogP contribution in [0.5, 0.6) is 0 Å². The van der Waals surface area contributed by atoms with E-state index in [0.29, 0.717) is 12.1 Å². The van der Waals surface area contributed by atoms with Gasteiger partial charge in [-0.2, -0.15) is 0 Å². The van der Waals surface area contributed by atoms with Gasteiger partial charge in [-0.1, -0.05) is 23.7 Å². The van der Waals surface area contributed by atoms with Crippen LogP contribution in [-0.4, -0.2) is 15.6 Å². The van der Waals surface area contributed by atoms with Crippen LogP contribution >= 0.6 is 11.6 Å².